The number of hydrogen-bond acceptors (Lipinski definition) is 4. The summed E-state index contributed by atoms with van der Waals surface area (Å²) in [7, 11) is 0. The Hall–Kier alpha value is -2.11. The van der Waals surface area contributed by atoms with E-state index in [9.17, 15) is 20.0 Å². The van der Waals surface area contributed by atoms with Gasteiger partial charge in [-0.25, -0.2) is 0 Å². The van der Waals surface area contributed by atoms with E-state index in [2.05, 4.69) is 12.2 Å². The highest BCUT2D eigenvalue weighted by Gasteiger charge is 2.24. The molecule has 0 aromatic heterocycles. The van der Waals surface area contributed by atoms with E-state index in [-0.39, 0.29) is 17.0 Å². The van der Waals surface area contributed by atoms with Crippen LogP contribution in [0, 0.1) is 22.0 Å². The first-order chi connectivity index (χ1) is 9.99. The molecule has 1 aliphatic rings. The van der Waals surface area contributed by atoms with Gasteiger partial charge in [0.2, 0.25) is 0 Å². The zero-order valence-electron chi connectivity index (χ0n) is 12.0. The first kappa shape index (κ1) is 15.3. The quantitative estimate of drug-likeness (QED) is 0.659. The Morgan fingerprint density at radius 3 is 2.81 bits per heavy atom. The third-order valence-electron chi connectivity index (χ3n) is 4.24. The molecule has 114 valence electrons. The Morgan fingerprint density at radius 1 is 1.43 bits per heavy atom. The molecule has 6 nitrogen and oxygen atoms in total. The third-order valence-corrected chi connectivity index (χ3v) is 4.24. The molecule has 21 heavy (non-hydrogen) atoms. The predicted molar refractivity (Wildman–Crippen MR) is 78.2 cm³/mol. The molecule has 1 aromatic carbocycles. The van der Waals surface area contributed by atoms with Gasteiger partial charge in [-0.3, -0.25) is 14.9 Å². The lowest BCUT2D eigenvalue weighted by Gasteiger charge is -2.28. The average molecular weight is 292 g/mol. The minimum Gasteiger partial charge on any atom is -0.508 e. The maximum atomic E-state index is 12.1. The third kappa shape index (κ3) is 3.71. The van der Waals surface area contributed by atoms with Crippen molar-refractivity contribution in [3.8, 4) is 5.75 Å². The number of phenols is 1. The van der Waals surface area contributed by atoms with Gasteiger partial charge in [-0.15, -0.1) is 0 Å². The van der Waals surface area contributed by atoms with Crippen molar-refractivity contribution in [1.82, 2.24) is 5.32 Å². The predicted octanol–water partition coefficient (Wildman–Crippen LogP) is 2.86. The summed E-state index contributed by atoms with van der Waals surface area (Å²) < 4.78 is 0. The maximum Gasteiger partial charge on any atom is 0.282 e. The second-order valence-electron chi connectivity index (χ2n) is 5.69. The number of phenolic OH excluding ortho intramolecular Hbond substituents is 1. The van der Waals surface area contributed by atoms with E-state index >= 15 is 0 Å². The summed E-state index contributed by atoms with van der Waals surface area (Å²) in [4.78, 5) is 22.5. The van der Waals surface area contributed by atoms with Crippen LogP contribution in [0.25, 0.3) is 0 Å². The summed E-state index contributed by atoms with van der Waals surface area (Å²) in [6.45, 7) is 2.69. The highest BCUT2D eigenvalue weighted by Crippen LogP contribution is 2.29. The Morgan fingerprint density at radius 2 is 2.14 bits per heavy atom. The normalized spacial score (nSPS) is 21.8. The van der Waals surface area contributed by atoms with E-state index in [1.165, 1.54) is 12.5 Å². The zero-order chi connectivity index (χ0) is 15.4. The molecule has 1 amide bonds. The molecule has 2 unspecified atom stereocenters. The fourth-order valence-electron chi connectivity index (χ4n) is 2.88. The van der Waals surface area contributed by atoms with Crippen molar-refractivity contribution >= 4 is 11.6 Å². The van der Waals surface area contributed by atoms with Gasteiger partial charge in [0.05, 0.1) is 4.92 Å². The molecule has 2 atom stereocenters. The molecule has 0 spiro atoms. The summed E-state index contributed by atoms with van der Waals surface area (Å²) in [5.41, 5.74) is -0.384. The highest BCUT2D eigenvalue weighted by molar-refractivity contribution is 5.98. The fraction of sp³-hybridized carbons (Fsp3) is 0.533. The number of benzene rings is 1. The Balaban J connectivity index is 2.06. The number of hydrogen-bond donors (Lipinski definition) is 2. The molecular formula is C15H20N2O4. The molecule has 0 aliphatic heterocycles. The minimum atomic E-state index is -0.614. The first-order valence-electron chi connectivity index (χ1n) is 7.24. The molecule has 6 heteroatoms. The second kappa shape index (κ2) is 6.56. The zero-order valence-corrected chi connectivity index (χ0v) is 12.0. The fourth-order valence-corrected chi connectivity index (χ4v) is 2.88. The minimum absolute atomic E-state index is 0.0940. The maximum absolute atomic E-state index is 12.1. The lowest BCUT2D eigenvalue weighted by atomic mass is 9.80. The first-order valence-corrected chi connectivity index (χ1v) is 7.24. The van der Waals surface area contributed by atoms with E-state index in [1.54, 1.807) is 0 Å². The average Bonchev–Trinajstić information content (AvgIpc) is 2.45. The number of nitro groups is 1. The van der Waals surface area contributed by atoms with Gasteiger partial charge in [0.15, 0.2) is 0 Å². The van der Waals surface area contributed by atoms with Crippen LogP contribution in [0.5, 0.6) is 5.75 Å². The van der Waals surface area contributed by atoms with Crippen LogP contribution >= 0.6 is 0 Å². The van der Waals surface area contributed by atoms with Crippen LogP contribution in [0.15, 0.2) is 18.2 Å². The van der Waals surface area contributed by atoms with Gasteiger partial charge < -0.3 is 10.4 Å². The van der Waals surface area contributed by atoms with Gasteiger partial charge in [-0.2, -0.15) is 0 Å². The number of carbonyl (C=O) groups is 1. The van der Waals surface area contributed by atoms with Gasteiger partial charge in [0.25, 0.3) is 11.6 Å². The van der Waals surface area contributed by atoms with Gasteiger partial charge in [0.1, 0.15) is 11.3 Å². The smallest absolute Gasteiger partial charge is 0.282 e. The monoisotopic (exact) mass is 292 g/mol. The van der Waals surface area contributed by atoms with E-state index in [4.69, 9.17) is 0 Å². The highest BCUT2D eigenvalue weighted by atomic mass is 16.6. The SMILES string of the molecule is CC1CCCCC1CNC(=O)c1cc(O)ccc1[N+](=O)[O-]. The van der Waals surface area contributed by atoms with Crippen molar-refractivity contribution in [1.29, 1.82) is 0 Å². The van der Waals surface area contributed by atoms with Crippen LogP contribution in [0.1, 0.15) is 43.0 Å². The molecule has 1 aliphatic carbocycles. The molecular weight excluding hydrogens is 272 g/mol. The van der Waals surface area contributed by atoms with Gasteiger partial charge >= 0.3 is 0 Å². The van der Waals surface area contributed by atoms with Crippen LogP contribution in [0.4, 0.5) is 5.69 Å². The number of nitrogens with zero attached hydrogens (tertiary/aromatic N) is 1. The summed E-state index contributed by atoms with van der Waals surface area (Å²) in [6, 6.07) is 3.49. The Bertz CT molecular complexity index is 544. The number of amides is 1. The van der Waals surface area contributed by atoms with E-state index < -0.39 is 10.8 Å². The van der Waals surface area contributed by atoms with Crippen LogP contribution in [0.2, 0.25) is 0 Å². The Kier molecular flexibility index (Phi) is 4.77. The largest absolute Gasteiger partial charge is 0.508 e. The van der Waals surface area contributed by atoms with Crippen LogP contribution in [-0.4, -0.2) is 22.5 Å². The van der Waals surface area contributed by atoms with E-state index in [0.717, 1.165) is 31.4 Å². The number of nitro benzene ring substituents is 1. The van der Waals surface area contributed by atoms with Gasteiger partial charge in [0, 0.05) is 12.6 Å². The summed E-state index contributed by atoms with van der Waals surface area (Å²) in [6.07, 6.45) is 4.62. The van der Waals surface area contributed by atoms with E-state index in [1.807, 2.05) is 0 Å². The number of nitrogens with one attached hydrogen (secondary N) is 1. The summed E-state index contributed by atoms with van der Waals surface area (Å²) in [5.74, 6) is 0.310. The number of carbonyl (C=O) groups excluding carboxylic acids is 1. The molecule has 2 N–H and O–H groups in total. The van der Waals surface area contributed by atoms with Crippen molar-refractivity contribution < 1.29 is 14.8 Å². The second-order valence-corrected chi connectivity index (χ2v) is 5.69. The molecule has 0 saturated heterocycles. The molecule has 0 bridgehead atoms. The van der Waals surface area contributed by atoms with E-state index in [0.29, 0.717) is 18.4 Å². The topological polar surface area (TPSA) is 92.5 Å². The summed E-state index contributed by atoms with van der Waals surface area (Å²) in [5, 5.41) is 23.1. The van der Waals surface area contributed by atoms with Crippen molar-refractivity contribution in [2.24, 2.45) is 11.8 Å². The van der Waals surface area contributed by atoms with Crippen molar-refractivity contribution in [2.75, 3.05) is 6.54 Å². The molecule has 0 heterocycles. The molecule has 2 rings (SSSR count). The van der Waals surface area contributed by atoms with Crippen LogP contribution < -0.4 is 5.32 Å². The van der Waals surface area contributed by atoms with Gasteiger partial charge in [-0.05, 0) is 30.4 Å². The lowest BCUT2D eigenvalue weighted by molar-refractivity contribution is -0.385. The van der Waals surface area contributed by atoms with Gasteiger partial charge in [-0.1, -0.05) is 26.2 Å². The number of aromatic hydroxyl groups is 1. The number of rotatable bonds is 4. The summed E-state index contributed by atoms with van der Waals surface area (Å²) >= 11 is 0. The van der Waals surface area contributed by atoms with Crippen molar-refractivity contribution in [3.05, 3.63) is 33.9 Å². The molecule has 1 saturated carbocycles. The molecule has 1 aromatic rings. The standard InChI is InChI=1S/C15H20N2O4/c1-10-4-2-3-5-11(10)9-16-15(19)13-8-12(18)6-7-14(13)17(20)21/h6-8,10-11,18H,2-5,9H2,1H3,(H,16,19). The van der Waals surface area contributed by atoms with Crippen LogP contribution in [0.3, 0.4) is 0 Å². The Labute approximate surface area is 123 Å². The van der Waals surface area contributed by atoms with Crippen LogP contribution in [-0.2, 0) is 0 Å². The molecule has 1 fully saturated rings. The lowest BCUT2D eigenvalue weighted by Crippen LogP contribution is -2.33. The van der Waals surface area contributed by atoms with Crippen molar-refractivity contribution in [2.45, 2.75) is 32.6 Å². The molecule has 0 radical (unpaired) electrons. The van der Waals surface area contributed by atoms with Crippen molar-refractivity contribution in [3.63, 3.8) is 0 Å².